The molecule has 3 aromatic rings. The summed E-state index contributed by atoms with van der Waals surface area (Å²) in [5, 5.41) is 8.73. The Bertz CT molecular complexity index is 860. The average Bonchev–Trinajstić information content (AvgIpc) is 3.11. The summed E-state index contributed by atoms with van der Waals surface area (Å²) in [5.41, 5.74) is 2.95. The first kappa shape index (κ1) is 14.8. The Hall–Kier alpha value is -2.82. The molecule has 0 spiro atoms. The summed E-state index contributed by atoms with van der Waals surface area (Å²) in [6, 6.07) is 12.0. The van der Waals surface area contributed by atoms with Gasteiger partial charge in [0.25, 0.3) is 5.91 Å². The van der Waals surface area contributed by atoms with E-state index in [0.717, 1.165) is 31.4 Å². The number of rotatable bonds is 3. The van der Waals surface area contributed by atoms with Crippen molar-refractivity contribution in [3.8, 4) is 0 Å². The van der Waals surface area contributed by atoms with Crippen LogP contribution >= 0.6 is 0 Å². The van der Waals surface area contributed by atoms with Gasteiger partial charge in [0.2, 0.25) is 0 Å². The molecule has 1 amide bonds. The first-order chi connectivity index (χ1) is 11.8. The number of aromatic nitrogens is 3. The van der Waals surface area contributed by atoms with Gasteiger partial charge in [-0.2, -0.15) is 10.2 Å². The highest BCUT2D eigenvalue weighted by molar-refractivity contribution is 5.94. The number of para-hydroxylation sites is 1. The van der Waals surface area contributed by atoms with Crippen LogP contribution in [0.4, 0.5) is 0 Å². The molecule has 1 aliphatic rings. The van der Waals surface area contributed by atoms with Crippen molar-refractivity contribution in [2.45, 2.75) is 12.8 Å². The fourth-order valence-corrected chi connectivity index (χ4v) is 3.43. The number of pyridine rings is 1. The second-order valence-corrected chi connectivity index (χ2v) is 6.23. The third-order valence-electron chi connectivity index (χ3n) is 4.65. The van der Waals surface area contributed by atoms with Crippen LogP contribution in [0.5, 0.6) is 0 Å². The summed E-state index contributed by atoms with van der Waals surface area (Å²) in [4.78, 5) is 18.8. The Morgan fingerprint density at radius 3 is 2.92 bits per heavy atom. The summed E-state index contributed by atoms with van der Waals surface area (Å²) >= 11 is 0. The van der Waals surface area contributed by atoms with E-state index in [0.29, 0.717) is 11.5 Å². The average molecular weight is 318 g/mol. The molecule has 1 aliphatic heterocycles. The van der Waals surface area contributed by atoms with Crippen molar-refractivity contribution >= 4 is 16.8 Å². The second kappa shape index (κ2) is 6.35. The highest BCUT2D eigenvalue weighted by atomic mass is 16.2. The van der Waals surface area contributed by atoms with E-state index in [1.54, 1.807) is 12.3 Å². The van der Waals surface area contributed by atoms with E-state index in [1.807, 2.05) is 23.2 Å². The zero-order chi connectivity index (χ0) is 16.4. The molecule has 120 valence electrons. The number of amides is 1. The normalized spacial score (nSPS) is 17.3. The van der Waals surface area contributed by atoms with Crippen LogP contribution in [0.2, 0.25) is 0 Å². The third kappa shape index (κ3) is 2.85. The van der Waals surface area contributed by atoms with E-state index in [1.165, 1.54) is 17.1 Å². The van der Waals surface area contributed by atoms with Gasteiger partial charge in [-0.1, -0.05) is 18.2 Å². The van der Waals surface area contributed by atoms with Gasteiger partial charge in [0.1, 0.15) is 0 Å². The molecule has 1 unspecified atom stereocenters. The Morgan fingerprint density at radius 1 is 1.12 bits per heavy atom. The smallest absolute Gasteiger partial charge is 0.255 e. The summed E-state index contributed by atoms with van der Waals surface area (Å²) in [6.07, 6.45) is 6.97. The van der Waals surface area contributed by atoms with Gasteiger partial charge in [0, 0.05) is 24.7 Å². The molecule has 3 heterocycles. The molecule has 1 aromatic carbocycles. The second-order valence-electron chi connectivity index (χ2n) is 6.23. The van der Waals surface area contributed by atoms with E-state index in [-0.39, 0.29) is 5.91 Å². The van der Waals surface area contributed by atoms with Crippen LogP contribution in [0.3, 0.4) is 0 Å². The molecule has 2 aromatic heterocycles. The minimum absolute atomic E-state index is 0.0481. The Labute approximate surface area is 140 Å². The van der Waals surface area contributed by atoms with Gasteiger partial charge < -0.3 is 4.90 Å². The maximum atomic E-state index is 12.5. The Morgan fingerprint density at radius 2 is 2.04 bits per heavy atom. The van der Waals surface area contributed by atoms with Gasteiger partial charge >= 0.3 is 0 Å². The number of hydrogen-bond acceptors (Lipinski definition) is 4. The lowest BCUT2D eigenvalue weighted by Crippen LogP contribution is -2.29. The number of nitrogens with zero attached hydrogens (tertiary/aromatic N) is 4. The van der Waals surface area contributed by atoms with Crippen LogP contribution in [0.25, 0.3) is 10.9 Å². The largest absolute Gasteiger partial charge is 0.338 e. The molecule has 24 heavy (non-hydrogen) atoms. The van der Waals surface area contributed by atoms with E-state index < -0.39 is 0 Å². The van der Waals surface area contributed by atoms with Gasteiger partial charge in [-0.25, -0.2) is 0 Å². The van der Waals surface area contributed by atoms with Gasteiger partial charge in [-0.05, 0) is 42.5 Å². The van der Waals surface area contributed by atoms with Crippen molar-refractivity contribution < 1.29 is 4.79 Å². The van der Waals surface area contributed by atoms with Crippen LogP contribution in [-0.4, -0.2) is 39.1 Å². The van der Waals surface area contributed by atoms with Crippen LogP contribution in [0, 0.1) is 5.92 Å². The number of hydrogen-bond donors (Lipinski definition) is 0. The maximum absolute atomic E-state index is 12.5. The third-order valence-corrected chi connectivity index (χ3v) is 4.65. The van der Waals surface area contributed by atoms with Crippen LogP contribution in [-0.2, 0) is 6.42 Å². The lowest BCUT2D eigenvalue weighted by atomic mass is 9.96. The van der Waals surface area contributed by atoms with Crippen molar-refractivity contribution in [2.75, 3.05) is 13.1 Å². The molecule has 0 aliphatic carbocycles. The number of benzene rings is 1. The zero-order valence-electron chi connectivity index (χ0n) is 13.3. The fraction of sp³-hybridized carbons (Fsp3) is 0.263. The molecule has 0 bridgehead atoms. The topological polar surface area (TPSA) is 59.0 Å². The number of carbonyl (C=O) groups excluding carboxylic acids is 1. The van der Waals surface area contributed by atoms with Crippen molar-refractivity contribution in [2.24, 2.45) is 5.92 Å². The molecule has 5 heteroatoms. The lowest BCUT2D eigenvalue weighted by molar-refractivity contribution is 0.0786. The Kier molecular flexibility index (Phi) is 3.91. The van der Waals surface area contributed by atoms with Gasteiger partial charge in [0.15, 0.2) is 0 Å². The quantitative estimate of drug-likeness (QED) is 0.745. The summed E-state index contributed by atoms with van der Waals surface area (Å²) in [7, 11) is 0. The molecule has 0 N–H and O–H groups in total. The monoisotopic (exact) mass is 318 g/mol. The molecule has 5 nitrogen and oxygen atoms in total. The molecule has 1 fully saturated rings. The Balaban J connectivity index is 1.48. The highest BCUT2D eigenvalue weighted by Crippen LogP contribution is 2.25. The molecule has 4 rings (SSSR count). The van der Waals surface area contributed by atoms with Crippen LogP contribution in [0.15, 0.2) is 55.0 Å². The first-order valence-corrected chi connectivity index (χ1v) is 8.20. The van der Waals surface area contributed by atoms with Crippen LogP contribution in [0.1, 0.15) is 22.3 Å². The SMILES string of the molecule is O=C(c1ccnnc1)N1CCC(Cc2ccnc3ccccc23)C1. The highest BCUT2D eigenvalue weighted by Gasteiger charge is 2.27. The van der Waals surface area contributed by atoms with Gasteiger partial charge in [-0.3, -0.25) is 9.78 Å². The first-order valence-electron chi connectivity index (χ1n) is 8.20. The predicted octanol–water partition coefficient (Wildman–Crippen LogP) is 2.73. The molecule has 1 saturated heterocycles. The van der Waals surface area contributed by atoms with Gasteiger partial charge in [-0.15, -0.1) is 0 Å². The molecule has 0 radical (unpaired) electrons. The van der Waals surface area contributed by atoms with E-state index in [4.69, 9.17) is 0 Å². The summed E-state index contributed by atoms with van der Waals surface area (Å²) in [6.45, 7) is 1.59. The predicted molar refractivity (Wildman–Crippen MR) is 91.5 cm³/mol. The molecule has 1 atom stereocenters. The number of carbonyl (C=O) groups is 1. The summed E-state index contributed by atoms with van der Waals surface area (Å²) in [5.74, 6) is 0.529. The van der Waals surface area contributed by atoms with E-state index >= 15 is 0 Å². The van der Waals surface area contributed by atoms with Crippen molar-refractivity contribution in [1.82, 2.24) is 20.1 Å². The number of likely N-dealkylation sites (tertiary alicyclic amines) is 1. The van der Waals surface area contributed by atoms with Gasteiger partial charge in [0.05, 0.1) is 23.5 Å². The minimum atomic E-state index is 0.0481. The van der Waals surface area contributed by atoms with Crippen molar-refractivity contribution in [3.05, 3.63) is 66.1 Å². The molecular formula is C19H18N4O. The standard InChI is InChI=1S/C19H18N4O/c24-19(16-6-9-21-22-12-16)23-10-7-14(13-23)11-15-5-8-20-18-4-2-1-3-17(15)18/h1-6,8-9,12,14H,7,10-11,13H2. The van der Waals surface area contributed by atoms with Crippen LogP contribution < -0.4 is 0 Å². The van der Waals surface area contributed by atoms with E-state index in [9.17, 15) is 4.79 Å². The maximum Gasteiger partial charge on any atom is 0.255 e. The van der Waals surface area contributed by atoms with Crippen molar-refractivity contribution in [1.29, 1.82) is 0 Å². The zero-order valence-corrected chi connectivity index (χ0v) is 13.3. The van der Waals surface area contributed by atoms with E-state index in [2.05, 4.69) is 33.4 Å². The number of fused-ring (bicyclic) bond motifs is 1. The minimum Gasteiger partial charge on any atom is -0.338 e. The molecular weight excluding hydrogens is 300 g/mol. The fourth-order valence-electron chi connectivity index (χ4n) is 3.43. The lowest BCUT2D eigenvalue weighted by Gasteiger charge is -2.16. The summed E-state index contributed by atoms with van der Waals surface area (Å²) < 4.78 is 0. The van der Waals surface area contributed by atoms with Crippen molar-refractivity contribution in [3.63, 3.8) is 0 Å². The molecule has 0 saturated carbocycles.